The number of para-hydroxylation sites is 1. The number of carbonyl (C=O) groups excluding carboxylic acids is 1. The molecule has 0 radical (unpaired) electrons. The second-order valence-corrected chi connectivity index (χ2v) is 9.74. The minimum absolute atomic E-state index is 0.179. The third kappa shape index (κ3) is 6.33. The number of aromatic nitrogens is 3. The maximum atomic E-state index is 12.3. The van der Waals surface area contributed by atoms with Crippen molar-refractivity contribution in [3.8, 4) is 11.3 Å². The highest BCUT2D eigenvalue weighted by Crippen LogP contribution is 2.29. The molecule has 1 saturated heterocycles. The summed E-state index contributed by atoms with van der Waals surface area (Å²) in [5.74, 6) is 0.341. The predicted octanol–water partition coefficient (Wildman–Crippen LogP) is 5.48. The van der Waals surface area contributed by atoms with Gasteiger partial charge in [0.25, 0.3) is 0 Å². The summed E-state index contributed by atoms with van der Waals surface area (Å²) in [6.45, 7) is 2.94. The summed E-state index contributed by atoms with van der Waals surface area (Å²) in [5, 5.41) is 7.17. The van der Waals surface area contributed by atoms with Gasteiger partial charge in [-0.1, -0.05) is 24.3 Å². The summed E-state index contributed by atoms with van der Waals surface area (Å²) in [6.07, 6.45) is 10.7. The van der Waals surface area contributed by atoms with Gasteiger partial charge in [0, 0.05) is 66.1 Å². The molecule has 2 N–H and O–H groups in total. The SMILES string of the molecule is CN(C)C/C=C/C(=O)Nc1ccnc(-c2cccc3cnc(Nc4ccc(N5CCCCC5)cc4)nc23)c1. The van der Waals surface area contributed by atoms with E-state index in [9.17, 15) is 4.79 Å². The van der Waals surface area contributed by atoms with Crippen molar-refractivity contribution in [3.63, 3.8) is 0 Å². The number of nitrogens with one attached hydrogen (secondary N) is 2. The molecule has 4 aromatic rings. The number of hydrogen-bond acceptors (Lipinski definition) is 7. The van der Waals surface area contributed by atoms with Gasteiger partial charge in [0.2, 0.25) is 11.9 Å². The van der Waals surface area contributed by atoms with Crippen LogP contribution < -0.4 is 15.5 Å². The molecule has 194 valence electrons. The summed E-state index contributed by atoms with van der Waals surface area (Å²) < 4.78 is 0. The number of pyridine rings is 1. The first kappa shape index (κ1) is 25.4. The van der Waals surface area contributed by atoms with Crippen LogP contribution in [0, 0.1) is 0 Å². The van der Waals surface area contributed by atoms with Gasteiger partial charge in [-0.15, -0.1) is 0 Å². The van der Waals surface area contributed by atoms with E-state index >= 15 is 0 Å². The Morgan fingerprint density at radius 2 is 1.82 bits per heavy atom. The fraction of sp³-hybridized carbons (Fsp3) is 0.267. The molecule has 0 bridgehead atoms. The maximum absolute atomic E-state index is 12.3. The Morgan fingerprint density at radius 3 is 2.61 bits per heavy atom. The zero-order chi connectivity index (χ0) is 26.3. The molecule has 8 nitrogen and oxygen atoms in total. The van der Waals surface area contributed by atoms with Crippen LogP contribution in [0.25, 0.3) is 22.2 Å². The number of nitrogens with zero attached hydrogens (tertiary/aromatic N) is 5. The van der Waals surface area contributed by atoms with Crippen LogP contribution in [0.2, 0.25) is 0 Å². The molecular weight excluding hydrogens is 474 g/mol. The normalized spacial score (nSPS) is 13.8. The average molecular weight is 508 g/mol. The lowest BCUT2D eigenvalue weighted by Gasteiger charge is -2.28. The Balaban J connectivity index is 1.35. The van der Waals surface area contributed by atoms with E-state index in [0.29, 0.717) is 18.2 Å². The Labute approximate surface area is 223 Å². The van der Waals surface area contributed by atoms with Gasteiger partial charge < -0.3 is 20.4 Å². The van der Waals surface area contributed by atoms with Crippen molar-refractivity contribution >= 4 is 39.8 Å². The minimum atomic E-state index is -0.179. The number of carbonyl (C=O) groups is 1. The van der Waals surface area contributed by atoms with Gasteiger partial charge in [-0.3, -0.25) is 9.78 Å². The molecule has 0 unspecified atom stereocenters. The zero-order valence-electron chi connectivity index (χ0n) is 21.9. The summed E-state index contributed by atoms with van der Waals surface area (Å²) in [5.41, 5.74) is 5.24. The third-order valence-corrected chi connectivity index (χ3v) is 6.50. The number of fused-ring (bicyclic) bond motifs is 1. The largest absolute Gasteiger partial charge is 0.372 e. The summed E-state index contributed by atoms with van der Waals surface area (Å²) >= 11 is 0. The van der Waals surface area contributed by atoms with Crippen molar-refractivity contribution in [1.29, 1.82) is 0 Å². The predicted molar refractivity (Wildman–Crippen MR) is 155 cm³/mol. The first-order valence-electron chi connectivity index (χ1n) is 13.0. The highest BCUT2D eigenvalue weighted by molar-refractivity contribution is 6.00. The number of amides is 1. The average Bonchev–Trinajstić information content (AvgIpc) is 2.93. The monoisotopic (exact) mass is 507 g/mol. The lowest BCUT2D eigenvalue weighted by molar-refractivity contribution is -0.111. The minimum Gasteiger partial charge on any atom is -0.372 e. The number of benzene rings is 2. The molecule has 8 heteroatoms. The Bertz CT molecular complexity index is 1430. The van der Waals surface area contributed by atoms with E-state index in [4.69, 9.17) is 4.98 Å². The topological polar surface area (TPSA) is 86.3 Å². The van der Waals surface area contributed by atoms with Crippen LogP contribution in [0.5, 0.6) is 0 Å². The standard InChI is InChI=1S/C30H33N7O/c1-36(2)17-7-10-28(38)33-24-15-16-31-27(20-24)26-9-6-8-22-21-32-30(35-29(22)26)34-23-11-13-25(14-12-23)37-18-4-3-5-19-37/h6-16,20-21H,3-5,17-19H2,1-2H3,(H,31,33,38)(H,32,34,35)/b10-7+. The first-order chi connectivity index (χ1) is 18.5. The Kier molecular flexibility index (Phi) is 7.89. The number of piperidine rings is 1. The third-order valence-electron chi connectivity index (χ3n) is 6.50. The molecule has 2 aromatic carbocycles. The Morgan fingerprint density at radius 1 is 1.00 bits per heavy atom. The van der Waals surface area contributed by atoms with Crippen molar-refractivity contribution in [2.24, 2.45) is 0 Å². The van der Waals surface area contributed by atoms with Crippen LogP contribution >= 0.6 is 0 Å². The molecule has 0 aliphatic carbocycles. The van der Waals surface area contributed by atoms with Gasteiger partial charge >= 0.3 is 0 Å². The van der Waals surface area contributed by atoms with E-state index in [1.165, 1.54) is 24.9 Å². The van der Waals surface area contributed by atoms with Crippen LogP contribution in [-0.4, -0.2) is 59.5 Å². The number of hydrogen-bond donors (Lipinski definition) is 2. The molecular formula is C30H33N7O. The van der Waals surface area contributed by atoms with Crippen molar-refractivity contribution in [3.05, 3.63) is 79.1 Å². The van der Waals surface area contributed by atoms with Crippen molar-refractivity contribution in [2.45, 2.75) is 19.3 Å². The molecule has 0 atom stereocenters. The number of anilines is 4. The van der Waals surface area contributed by atoms with Gasteiger partial charge in [0.15, 0.2) is 0 Å². The van der Waals surface area contributed by atoms with Gasteiger partial charge in [-0.25, -0.2) is 9.97 Å². The van der Waals surface area contributed by atoms with E-state index in [1.807, 2.05) is 55.5 Å². The molecule has 2 aromatic heterocycles. The highest BCUT2D eigenvalue weighted by Gasteiger charge is 2.12. The van der Waals surface area contributed by atoms with E-state index in [2.05, 4.69) is 49.8 Å². The van der Waals surface area contributed by atoms with Crippen molar-refractivity contribution in [2.75, 3.05) is 49.3 Å². The van der Waals surface area contributed by atoms with Crippen LogP contribution in [0.3, 0.4) is 0 Å². The van der Waals surface area contributed by atoms with Crippen LogP contribution in [0.15, 0.2) is 79.1 Å². The van der Waals surface area contributed by atoms with E-state index in [1.54, 1.807) is 18.3 Å². The van der Waals surface area contributed by atoms with Gasteiger partial charge in [0.05, 0.1) is 11.2 Å². The molecule has 1 amide bonds. The quantitative estimate of drug-likeness (QED) is 0.305. The van der Waals surface area contributed by atoms with E-state index < -0.39 is 0 Å². The molecule has 0 saturated carbocycles. The number of likely N-dealkylation sites (N-methyl/N-ethyl adjacent to an activating group) is 1. The van der Waals surface area contributed by atoms with Gasteiger partial charge in [-0.2, -0.15) is 0 Å². The van der Waals surface area contributed by atoms with Gasteiger partial charge in [0.1, 0.15) is 0 Å². The Hall–Kier alpha value is -4.30. The van der Waals surface area contributed by atoms with E-state index in [-0.39, 0.29) is 5.91 Å². The zero-order valence-corrected chi connectivity index (χ0v) is 21.9. The van der Waals surface area contributed by atoms with Crippen LogP contribution in [-0.2, 0) is 4.79 Å². The lowest BCUT2D eigenvalue weighted by atomic mass is 10.1. The second kappa shape index (κ2) is 11.8. The first-order valence-corrected chi connectivity index (χ1v) is 13.0. The summed E-state index contributed by atoms with van der Waals surface area (Å²) in [4.78, 5) is 30.7. The molecule has 0 spiro atoms. The van der Waals surface area contributed by atoms with Crippen molar-refractivity contribution in [1.82, 2.24) is 19.9 Å². The van der Waals surface area contributed by atoms with E-state index in [0.717, 1.165) is 40.9 Å². The van der Waals surface area contributed by atoms with Crippen LogP contribution in [0.4, 0.5) is 23.0 Å². The molecule has 3 heterocycles. The molecule has 1 aliphatic rings. The molecule has 1 aliphatic heterocycles. The maximum Gasteiger partial charge on any atom is 0.248 e. The van der Waals surface area contributed by atoms with Gasteiger partial charge in [-0.05, 0) is 69.8 Å². The molecule has 38 heavy (non-hydrogen) atoms. The smallest absolute Gasteiger partial charge is 0.248 e. The summed E-state index contributed by atoms with van der Waals surface area (Å²) in [6, 6.07) is 18.0. The molecule has 5 rings (SSSR count). The highest BCUT2D eigenvalue weighted by atomic mass is 16.1. The van der Waals surface area contributed by atoms with Crippen LogP contribution in [0.1, 0.15) is 19.3 Å². The summed E-state index contributed by atoms with van der Waals surface area (Å²) in [7, 11) is 3.91. The number of rotatable bonds is 8. The lowest BCUT2D eigenvalue weighted by Crippen LogP contribution is -2.29. The second-order valence-electron chi connectivity index (χ2n) is 9.74. The fourth-order valence-electron chi connectivity index (χ4n) is 4.57. The fourth-order valence-corrected chi connectivity index (χ4v) is 4.57. The van der Waals surface area contributed by atoms with Crippen molar-refractivity contribution < 1.29 is 4.79 Å². The molecule has 1 fully saturated rings.